The van der Waals surface area contributed by atoms with E-state index in [9.17, 15) is 9.90 Å². The Kier molecular flexibility index (Phi) is 4.67. The summed E-state index contributed by atoms with van der Waals surface area (Å²) in [5.74, 6) is -1.10. The molecule has 0 aliphatic heterocycles. The molecule has 5 nitrogen and oxygen atoms in total. The molecule has 0 saturated carbocycles. The molecule has 6 heteroatoms. The van der Waals surface area contributed by atoms with Crippen LogP contribution >= 0.6 is 11.6 Å². The van der Waals surface area contributed by atoms with Gasteiger partial charge in [0.05, 0.1) is 22.9 Å². The van der Waals surface area contributed by atoms with Gasteiger partial charge in [0, 0.05) is 24.0 Å². The predicted octanol–water partition coefficient (Wildman–Crippen LogP) is 3.51. The number of hydrogen-bond donors (Lipinski definition) is 3. The van der Waals surface area contributed by atoms with Crippen LogP contribution in [0.5, 0.6) is 0 Å². The van der Waals surface area contributed by atoms with Gasteiger partial charge in [-0.1, -0.05) is 29.8 Å². The van der Waals surface area contributed by atoms with E-state index in [1.165, 1.54) is 12.1 Å². The van der Waals surface area contributed by atoms with Gasteiger partial charge in [-0.15, -0.1) is 0 Å². The number of benzene rings is 2. The van der Waals surface area contributed by atoms with Crippen LogP contribution in [-0.2, 0) is 11.3 Å². The zero-order chi connectivity index (χ0) is 15.4. The average Bonchev–Trinajstić information content (AvgIpc) is 2.43. The maximum atomic E-state index is 11.3. The van der Waals surface area contributed by atoms with E-state index in [0.717, 1.165) is 11.3 Å². The Balaban J connectivity index is 2.47. The molecule has 0 heterocycles. The molecule has 0 aliphatic rings. The fourth-order valence-corrected chi connectivity index (χ4v) is 2.26. The summed E-state index contributed by atoms with van der Waals surface area (Å²) < 4.78 is 5.12. The number of para-hydroxylation sites is 1. The zero-order valence-electron chi connectivity index (χ0n) is 11.4. The van der Waals surface area contributed by atoms with Crippen LogP contribution in [0.2, 0.25) is 5.02 Å². The molecule has 0 aromatic heterocycles. The van der Waals surface area contributed by atoms with E-state index in [0.29, 0.717) is 18.0 Å². The van der Waals surface area contributed by atoms with E-state index in [2.05, 4.69) is 5.32 Å². The second-order valence-electron chi connectivity index (χ2n) is 4.45. The first-order valence-corrected chi connectivity index (χ1v) is 6.57. The van der Waals surface area contributed by atoms with Crippen molar-refractivity contribution in [3.63, 3.8) is 0 Å². The third kappa shape index (κ3) is 3.45. The van der Waals surface area contributed by atoms with Crippen molar-refractivity contribution in [3.05, 3.63) is 52.5 Å². The van der Waals surface area contributed by atoms with Crippen LogP contribution in [0, 0.1) is 0 Å². The number of aromatic carboxylic acids is 1. The normalized spacial score (nSPS) is 10.4. The van der Waals surface area contributed by atoms with Crippen LogP contribution in [-0.4, -0.2) is 18.2 Å². The predicted molar refractivity (Wildman–Crippen MR) is 83.3 cm³/mol. The summed E-state index contributed by atoms with van der Waals surface area (Å²) in [6.07, 6.45) is 0. The van der Waals surface area contributed by atoms with E-state index >= 15 is 0 Å². The van der Waals surface area contributed by atoms with Gasteiger partial charge in [-0.2, -0.15) is 0 Å². The number of nitrogens with one attached hydrogen (secondary N) is 1. The quantitative estimate of drug-likeness (QED) is 0.736. The van der Waals surface area contributed by atoms with E-state index in [4.69, 9.17) is 22.1 Å². The van der Waals surface area contributed by atoms with E-state index in [-0.39, 0.29) is 10.6 Å². The largest absolute Gasteiger partial charge is 0.478 e. The minimum absolute atomic E-state index is 0.0206. The number of carboxylic acid groups (broad SMARTS) is 1. The second kappa shape index (κ2) is 6.47. The van der Waals surface area contributed by atoms with E-state index < -0.39 is 5.97 Å². The molecular weight excluding hydrogens is 292 g/mol. The molecule has 0 radical (unpaired) electrons. The van der Waals surface area contributed by atoms with Crippen molar-refractivity contribution in [1.82, 2.24) is 0 Å². The SMILES string of the molecule is COCc1ccccc1Nc1c(Cl)cc(N)cc1C(=O)O. The van der Waals surface area contributed by atoms with Gasteiger partial charge in [-0.3, -0.25) is 0 Å². The molecule has 0 aliphatic carbocycles. The van der Waals surface area contributed by atoms with Gasteiger partial charge in [-0.25, -0.2) is 4.79 Å². The van der Waals surface area contributed by atoms with Crippen LogP contribution in [0.25, 0.3) is 0 Å². The molecule has 2 rings (SSSR count). The Bertz CT molecular complexity index is 674. The number of nitrogen functional groups attached to an aromatic ring is 1. The molecule has 0 bridgehead atoms. The smallest absolute Gasteiger partial charge is 0.337 e. The first kappa shape index (κ1) is 15.2. The lowest BCUT2D eigenvalue weighted by molar-refractivity contribution is 0.0698. The molecule has 4 N–H and O–H groups in total. The van der Waals surface area contributed by atoms with Gasteiger partial charge >= 0.3 is 5.97 Å². The Labute approximate surface area is 127 Å². The van der Waals surface area contributed by atoms with E-state index in [1.807, 2.05) is 24.3 Å². The number of carboxylic acids is 1. The van der Waals surface area contributed by atoms with Crippen molar-refractivity contribution in [1.29, 1.82) is 0 Å². The molecule has 110 valence electrons. The summed E-state index contributed by atoms with van der Waals surface area (Å²) in [5, 5.41) is 12.6. The first-order valence-electron chi connectivity index (χ1n) is 6.19. The molecule has 0 spiro atoms. The Morgan fingerprint density at radius 2 is 2.10 bits per heavy atom. The zero-order valence-corrected chi connectivity index (χ0v) is 12.1. The van der Waals surface area contributed by atoms with Crippen molar-refractivity contribution in [2.24, 2.45) is 0 Å². The Morgan fingerprint density at radius 1 is 1.38 bits per heavy atom. The highest BCUT2D eigenvalue weighted by Gasteiger charge is 2.16. The van der Waals surface area contributed by atoms with Crippen molar-refractivity contribution in [2.45, 2.75) is 6.61 Å². The van der Waals surface area contributed by atoms with Crippen molar-refractivity contribution >= 4 is 34.6 Å². The summed E-state index contributed by atoms with van der Waals surface area (Å²) in [5.41, 5.74) is 7.89. The standard InChI is InChI=1S/C15H15ClN2O3/c1-21-8-9-4-2-3-5-13(9)18-14-11(15(19)20)6-10(17)7-12(14)16/h2-7,18H,8,17H2,1H3,(H,19,20). The molecule has 0 amide bonds. The highest BCUT2D eigenvalue weighted by atomic mass is 35.5. The average molecular weight is 307 g/mol. The topological polar surface area (TPSA) is 84.6 Å². The van der Waals surface area contributed by atoms with Crippen LogP contribution in [0.15, 0.2) is 36.4 Å². The van der Waals surface area contributed by atoms with Crippen molar-refractivity contribution < 1.29 is 14.6 Å². The molecule has 21 heavy (non-hydrogen) atoms. The van der Waals surface area contributed by atoms with Crippen LogP contribution in [0.4, 0.5) is 17.1 Å². The lowest BCUT2D eigenvalue weighted by atomic mass is 10.1. The lowest BCUT2D eigenvalue weighted by Gasteiger charge is -2.15. The van der Waals surface area contributed by atoms with Crippen LogP contribution < -0.4 is 11.1 Å². The molecule has 0 atom stereocenters. The monoisotopic (exact) mass is 306 g/mol. The number of rotatable bonds is 5. The second-order valence-corrected chi connectivity index (χ2v) is 4.85. The number of methoxy groups -OCH3 is 1. The molecule has 0 saturated heterocycles. The third-order valence-electron chi connectivity index (χ3n) is 2.92. The van der Waals surface area contributed by atoms with Gasteiger partial charge in [-0.05, 0) is 18.2 Å². The highest BCUT2D eigenvalue weighted by molar-refractivity contribution is 6.34. The Morgan fingerprint density at radius 3 is 2.76 bits per heavy atom. The number of anilines is 3. The van der Waals surface area contributed by atoms with Gasteiger partial charge in [0.25, 0.3) is 0 Å². The number of carbonyl (C=O) groups is 1. The minimum atomic E-state index is -1.10. The van der Waals surface area contributed by atoms with Gasteiger partial charge < -0.3 is 20.9 Å². The fourth-order valence-electron chi connectivity index (χ4n) is 1.98. The van der Waals surface area contributed by atoms with E-state index in [1.54, 1.807) is 7.11 Å². The van der Waals surface area contributed by atoms with Gasteiger partial charge in [0.2, 0.25) is 0 Å². The highest BCUT2D eigenvalue weighted by Crippen LogP contribution is 2.33. The van der Waals surface area contributed by atoms with Crippen LogP contribution in [0.3, 0.4) is 0 Å². The molecule has 0 fully saturated rings. The van der Waals surface area contributed by atoms with Gasteiger partial charge in [0.1, 0.15) is 0 Å². The number of halogens is 1. The Hall–Kier alpha value is -2.24. The molecule has 2 aromatic rings. The maximum absolute atomic E-state index is 11.3. The van der Waals surface area contributed by atoms with Crippen molar-refractivity contribution in [3.8, 4) is 0 Å². The molecule has 0 unspecified atom stereocenters. The summed E-state index contributed by atoms with van der Waals surface area (Å²) in [6, 6.07) is 10.3. The lowest BCUT2D eigenvalue weighted by Crippen LogP contribution is -2.06. The van der Waals surface area contributed by atoms with Gasteiger partial charge in [0.15, 0.2) is 0 Å². The first-order chi connectivity index (χ1) is 10.0. The summed E-state index contributed by atoms with van der Waals surface area (Å²) >= 11 is 6.12. The van der Waals surface area contributed by atoms with Crippen LogP contribution in [0.1, 0.15) is 15.9 Å². The molecular formula is C15H15ClN2O3. The molecule has 2 aromatic carbocycles. The fraction of sp³-hybridized carbons (Fsp3) is 0.133. The van der Waals surface area contributed by atoms with Crippen molar-refractivity contribution in [2.75, 3.05) is 18.2 Å². The number of ether oxygens (including phenoxy) is 1. The maximum Gasteiger partial charge on any atom is 0.337 e. The number of nitrogens with two attached hydrogens (primary N) is 1. The minimum Gasteiger partial charge on any atom is -0.478 e. The number of hydrogen-bond acceptors (Lipinski definition) is 4. The summed E-state index contributed by atoms with van der Waals surface area (Å²) in [4.78, 5) is 11.3. The summed E-state index contributed by atoms with van der Waals surface area (Å²) in [6.45, 7) is 0.401. The summed E-state index contributed by atoms with van der Waals surface area (Å²) in [7, 11) is 1.59. The third-order valence-corrected chi connectivity index (χ3v) is 3.22.